The van der Waals surface area contributed by atoms with Gasteiger partial charge in [0.2, 0.25) is 0 Å². The van der Waals surface area contributed by atoms with Gasteiger partial charge in [-0.25, -0.2) is 0 Å². The molecule has 0 N–H and O–H groups in total. The van der Waals surface area contributed by atoms with Crippen LogP contribution in [0.25, 0.3) is 11.1 Å². The first kappa shape index (κ1) is 8.11. The molecule has 0 aliphatic rings. The van der Waals surface area contributed by atoms with Crippen LogP contribution in [0.3, 0.4) is 0 Å². The van der Waals surface area contributed by atoms with Gasteiger partial charge in [-0.2, -0.15) is 0 Å². The summed E-state index contributed by atoms with van der Waals surface area (Å²) >= 11 is 0. The molecule has 65 valence electrons. The van der Waals surface area contributed by atoms with Crippen LogP contribution in [-0.4, -0.2) is 0 Å². The molecule has 0 unspecified atom stereocenters. The summed E-state index contributed by atoms with van der Waals surface area (Å²) in [7, 11) is 0. The van der Waals surface area contributed by atoms with Crippen molar-refractivity contribution < 1.29 is 4.42 Å². The molecular weight excluding hydrogens is 160 g/mol. The summed E-state index contributed by atoms with van der Waals surface area (Å²) in [6.45, 7) is 4.21. The fourth-order valence-electron chi connectivity index (χ4n) is 1.63. The highest BCUT2D eigenvalue weighted by Crippen LogP contribution is 2.26. The second-order valence-electron chi connectivity index (χ2n) is 3.22. The lowest BCUT2D eigenvalue weighted by Gasteiger charge is -2.06. The highest BCUT2D eigenvalue weighted by molar-refractivity contribution is 5.69. The highest BCUT2D eigenvalue weighted by atomic mass is 16.3. The molecule has 1 heterocycles. The Bertz CT molecular complexity index is 379. The third kappa shape index (κ3) is 1.37. The van der Waals surface area contributed by atoms with Gasteiger partial charge in [0.15, 0.2) is 6.26 Å². The minimum absolute atomic E-state index is 1.11. The molecule has 0 saturated heterocycles. The topological polar surface area (TPSA) is 13.1 Å². The van der Waals surface area contributed by atoms with Crippen molar-refractivity contribution in [3.63, 3.8) is 0 Å². The summed E-state index contributed by atoms with van der Waals surface area (Å²) in [5.41, 5.74) is 4.91. The number of hydrogen-bond donors (Lipinski definition) is 0. The maximum atomic E-state index is 4.95. The minimum Gasteiger partial charge on any atom is -0.460 e. The van der Waals surface area contributed by atoms with Crippen LogP contribution in [0.4, 0.5) is 0 Å². The normalized spacial score (nSPS) is 10.3. The average molecular weight is 171 g/mol. The van der Waals surface area contributed by atoms with Crippen molar-refractivity contribution in [2.24, 2.45) is 0 Å². The van der Waals surface area contributed by atoms with Crippen LogP contribution in [-0.2, 0) is 0 Å². The predicted molar refractivity (Wildman–Crippen MR) is 52.5 cm³/mol. The monoisotopic (exact) mass is 171 g/mol. The van der Waals surface area contributed by atoms with E-state index in [9.17, 15) is 0 Å². The number of benzene rings is 1. The summed E-state index contributed by atoms with van der Waals surface area (Å²) in [6, 6.07) is 8.15. The molecule has 13 heavy (non-hydrogen) atoms. The first-order chi connectivity index (χ1) is 6.29. The third-order valence-corrected chi connectivity index (χ3v) is 2.24. The van der Waals surface area contributed by atoms with E-state index in [4.69, 9.17) is 4.42 Å². The van der Waals surface area contributed by atoms with E-state index in [2.05, 4.69) is 38.3 Å². The van der Waals surface area contributed by atoms with Gasteiger partial charge < -0.3 is 4.42 Å². The molecule has 0 saturated carbocycles. The van der Waals surface area contributed by atoms with E-state index >= 15 is 0 Å². The molecule has 0 amide bonds. The van der Waals surface area contributed by atoms with Crippen LogP contribution in [0.15, 0.2) is 34.9 Å². The summed E-state index contributed by atoms with van der Waals surface area (Å²) in [5.74, 6) is 0. The Kier molecular flexibility index (Phi) is 1.93. The van der Waals surface area contributed by atoms with Gasteiger partial charge in [-0.1, -0.05) is 18.2 Å². The molecule has 0 aliphatic carbocycles. The second-order valence-corrected chi connectivity index (χ2v) is 3.22. The molecule has 1 radical (unpaired) electrons. The summed E-state index contributed by atoms with van der Waals surface area (Å²) in [6.07, 6.45) is 4.44. The molecule has 0 spiro atoms. The van der Waals surface area contributed by atoms with Crippen molar-refractivity contribution in [1.82, 2.24) is 0 Å². The Morgan fingerprint density at radius 1 is 1.15 bits per heavy atom. The van der Waals surface area contributed by atoms with E-state index in [1.807, 2.05) is 6.07 Å². The van der Waals surface area contributed by atoms with E-state index in [1.165, 1.54) is 16.7 Å². The van der Waals surface area contributed by atoms with Gasteiger partial charge in [0, 0.05) is 5.56 Å². The zero-order chi connectivity index (χ0) is 9.26. The molecule has 0 bridgehead atoms. The minimum atomic E-state index is 1.11. The van der Waals surface area contributed by atoms with Crippen LogP contribution in [0, 0.1) is 20.1 Å². The van der Waals surface area contributed by atoms with Gasteiger partial charge in [0.25, 0.3) is 0 Å². The quantitative estimate of drug-likeness (QED) is 0.641. The van der Waals surface area contributed by atoms with Crippen LogP contribution in [0.2, 0.25) is 0 Å². The van der Waals surface area contributed by atoms with Crippen molar-refractivity contribution in [1.29, 1.82) is 0 Å². The van der Waals surface area contributed by atoms with Crippen molar-refractivity contribution in [2.75, 3.05) is 0 Å². The van der Waals surface area contributed by atoms with Crippen molar-refractivity contribution in [3.05, 3.63) is 47.9 Å². The van der Waals surface area contributed by atoms with Crippen LogP contribution in [0.1, 0.15) is 11.1 Å². The largest absolute Gasteiger partial charge is 0.460 e. The fourth-order valence-corrected chi connectivity index (χ4v) is 1.63. The molecule has 2 rings (SSSR count). The molecule has 0 aliphatic heterocycles. The van der Waals surface area contributed by atoms with Crippen molar-refractivity contribution >= 4 is 0 Å². The molecule has 2 aromatic rings. The first-order valence-corrected chi connectivity index (χ1v) is 4.30. The van der Waals surface area contributed by atoms with E-state index in [0.717, 1.165) is 5.56 Å². The lowest BCUT2D eigenvalue weighted by Crippen LogP contribution is -1.84. The molecule has 1 heteroatoms. The number of furan rings is 1. The Morgan fingerprint density at radius 2 is 1.85 bits per heavy atom. The lowest BCUT2D eigenvalue weighted by atomic mass is 9.98. The Morgan fingerprint density at radius 3 is 2.38 bits per heavy atom. The average Bonchev–Trinajstić information content (AvgIpc) is 2.57. The third-order valence-electron chi connectivity index (χ3n) is 2.24. The second kappa shape index (κ2) is 3.09. The maximum absolute atomic E-state index is 4.95. The van der Waals surface area contributed by atoms with Gasteiger partial charge >= 0.3 is 0 Å². The van der Waals surface area contributed by atoms with Gasteiger partial charge in [-0.05, 0) is 36.6 Å². The Balaban J connectivity index is 2.64. The van der Waals surface area contributed by atoms with Crippen LogP contribution >= 0.6 is 0 Å². The van der Waals surface area contributed by atoms with Gasteiger partial charge in [-0.15, -0.1) is 0 Å². The molecular formula is C12H11O. The molecule has 1 aromatic carbocycles. The zero-order valence-electron chi connectivity index (χ0n) is 7.79. The first-order valence-electron chi connectivity index (χ1n) is 4.30. The highest BCUT2D eigenvalue weighted by Gasteiger charge is 2.05. The van der Waals surface area contributed by atoms with Gasteiger partial charge in [-0.3, -0.25) is 0 Å². The maximum Gasteiger partial charge on any atom is 0.169 e. The molecule has 1 nitrogen and oxygen atoms in total. The SMILES string of the molecule is Cc1cccc(C)c1-c1c[c]oc1. The summed E-state index contributed by atoms with van der Waals surface area (Å²) in [5, 5.41) is 0. The smallest absolute Gasteiger partial charge is 0.169 e. The van der Waals surface area contributed by atoms with Crippen LogP contribution in [0.5, 0.6) is 0 Å². The van der Waals surface area contributed by atoms with Gasteiger partial charge in [0.1, 0.15) is 0 Å². The zero-order valence-corrected chi connectivity index (χ0v) is 7.79. The summed E-state index contributed by atoms with van der Waals surface area (Å²) < 4.78 is 4.95. The Hall–Kier alpha value is -1.50. The van der Waals surface area contributed by atoms with Crippen LogP contribution < -0.4 is 0 Å². The van der Waals surface area contributed by atoms with E-state index in [0.29, 0.717) is 0 Å². The van der Waals surface area contributed by atoms with E-state index < -0.39 is 0 Å². The van der Waals surface area contributed by atoms with Crippen molar-refractivity contribution in [3.8, 4) is 11.1 Å². The number of aryl methyl sites for hydroxylation is 2. The van der Waals surface area contributed by atoms with E-state index in [1.54, 1.807) is 6.26 Å². The fraction of sp³-hybridized carbons (Fsp3) is 0.167. The lowest BCUT2D eigenvalue weighted by molar-refractivity contribution is 0.559. The van der Waals surface area contributed by atoms with E-state index in [-0.39, 0.29) is 0 Å². The molecule has 1 aromatic heterocycles. The number of hydrogen-bond acceptors (Lipinski definition) is 1. The Labute approximate surface area is 78.0 Å². The van der Waals surface area contributed by atoms with Gasteiger partial charge in [0.05, 0.1) is 6.26 Å². The summed E-state index contributed by atoms with van der Waals surface area (Å²) in [4.78, 5) is 0. The molecule has 0 atom stereocenters. The number of rotatable bonds is 1. The predicted octanol–water partition coefficient (Wildman–Crippen LogP) is 3.36. The van der Waals surface area contributed by atoms with Crippen molar-refractivity contribution in [2.45, 2.75) is 13.8 Å². The standard InChI is InChI=1S/C12H11O/c1-9-4-3-5-10(2)12(9)11-6-7-13-8-11/h3-6,8H,1-2H3. The molecule has 0 fully saturated rings.